The predicted molar refractivity (Wildman–Crippen MR) is 38.6 cm³/mol. The second-order valence-electron chi connectivity index (χ2n) is 3.00. The van der Waals surface area contributed by atoms with Crippen LogP contribution in [0.5, 0.6) is 0 Å². The summed E-state index contributed by atoms with van der Waals surface area (Å²) < 4.78 is 5.06. The molecule has 3 nitrogen and oxygen atoms in total. The Morgan fingerprint density at radius 2 is 2.30 bits per heavy atom. The lowest BCUT2D eigenvalue weighted by molar-refractivity contribution is -0.134. The van der Waals surface area contributed by atoms with Crippen molar-refractivity contribution in [1.82, 2.24) is 0 Å². The van der Waals surface area contributed by atoms with Gasteiger partial charge in [0.1, 0.15) is 0 Å². The first-order chi connectivity index (χ1) is 4.75. The molecule has 1 fully saturated rings. The van der Waals surface area contributed by atoms with Crippen LogP contribution in [0.2, 0.25) is 0 Å². The second kappa shape index (κ2) is 2.86. The van der Waals surface area contributed by atoms with Crippen molar-refractivity contribution in [3.8, 4) is 0 Å². The van der Waals surface area contributed by atoms with Gasteiger partial charge in [-0.2, -0.15) is 0 Å². The van der Waals surface area contributed by atoms with Gasteiger partial charge in [-0.05, 0) is 6.42 Å². The summed E-state index contributed by atoms with van der Waals surface area (Å²) in [5.74, 6) is 0. The molecule has 10 heavy (non-hydrogen) atoms. The molecule has 1 unspecified atom stereocenters. The van der Waals surface area contributed by atoms with Gasteiger partial charge in [-0.15, -0.1) is 0 Å². The highest BCUT2D eigenvalue weighted by Gasteiger charge is 2.41. The Kier molecular flexibility index (Phi) is 2.28. The van der Waals surface area contributed by atoms with Gasteiger partial charge < -0.3 is 15.6 Å². The molecule has 1 aliphatic rings. The zero-order valence-corrected chi connectivity index (χ0v) is 6.34. The van der Waals surface area contributed by atoms with Crippen LogP contribution in [-0.2, 0) is 4.74 Å². The smallest absolute Gasteiger partial charge is 0.0589 e. The van der Waals surface area contributed by atoms with E-state index in [1.54, 1.807) is 0 Å². The third kappa shape index (κ3) is 1.05. The molecule has 1 heterocycles. The van der Waals surface area contributed by atoms with E-state index in [1.165, 1.54) is 0 Å². The molecule has 0 aliphatic carbocycles. The van der Waals surface area contributed by atoms with Crippen LogP contribution in [0.15, 0.2) is 0 Å². The Hall–Kier alpha value is -0.120. The van der Waals surface area contributed by atoms with Crippen LogP contribution in [0.25, 0.3) is 0 Å². The Bertz CT molecular complexity index is 107. The summed E-state index contributed by atoms with van der Waals surface area (Å²) in [7, 11) is 0. The van der Waals surface area contributed by atoms with Crippen LogP contribution in [0.3, 0.4) is 0 Å². The zero-order valence-electron chi connectivity index (χ0n) is 6.34. The summed E-state index contributed by atoms with van der Waals surface area (Å²) in [5, 5.41) is 8.79. The van der Waals surface area contributed by atoms with Crippen molar-refractivity contribution in [2.24, 2.45) is 11.1 Å². The van der Waals surface area contributed by atoms with E-state index in [0.29, 0.717) is 13.2 Å². The van der Waals surface area contributed by atoms with Gasteiger partial charge in [0.15, 0.2) is 0 Å². The minimum absolute atomic E-state index is 0.0667. The number of aliphatic hydroxyl groups excluding tert-OH is 1. The molecule has 0 saturated carbocycles. The Morgan fingerprint density at radius 3 is 2.40 bits per heavy atom. The number of aliphatic hydroxyl groups is 1. The van der Waals surface area contributed by atoms with Gasteiger partial charge in [-0.25, -0.2) is 0 Å². The number of rotatable bonds is 3. The van der Waals surface area contributed by atoms with Crippen LogP contribution in [0.1, 0.15) is 13.3 Å². The van der Waals surface area contributed by atoms with E-state index in [9.17, 15) is 0 Å². The Balaban J connectivity index is 2.46. The third-order valence-electron chi connectivity index (χ3n) is 2.47. The topological polar surface area (TPSA) is 55.5 Å². The highest BCUT2D eigenvalue weighted by molar-refractivity contribution is 4.92. The molecule has 1 saturated heterocycles. The first-order valence-corrected chi connectivity index (χ1v) is 3.69. The van der Waals surface area contributed by atoms with E-state index >= 15 is 0 Å². The fourth-order valence-electron chi connectivity index (χ4n) is 1.24. The molecule has 1 rings (SSSR count). The maximum absolute atomic E-state index is 8.79. The van der Waals surface area contributed by atoms with E-state index in [2.05, 4.69) is 6.92 Å². The minimum atomic E-state index is -0.105. The van der Waals surface area contributed by atoms with Gasteiger partial charge in [0, 0.05) is 11.5 Å². The molecule has 0 bridgehead atoms. The quantitative estimate of drug-likeness (QED) is 0.575. The monoisotopic (exact) mass is 145 g/mol. The lowest BCUT2D eigenvalue weighted by Gasteiger charge is -2.44. The van der Waals surface area contributed by atoms with Crippen molar-refractivity contribution in [1.29, 1.82) is 0 Å². The van der Waals surface area contributed by atoms with Gasteiger partial charge in [-0.3, -0.25) is 0 Å². The van der Waals surface area contributed by atoms with E-state index in [-0.39, 0.29) is 18.1 Å². The highest BCUT2D eigenvalue weighted by atomic mass is 16.5. The number of hydrogen-bond donors (Lipinski definition) is 2. The van der Waals surface area contributed by atoms with Crippen LogP contribution >= 0.6 is 0 Å². The fraction of sp³-hybridized carbons (Fsp3) is 1.00. The van der Waals surface area contributed by atoms with E-state index in [4.69, 9.17) is 15.6 Å². The van der Waals surface area contributed by atoms with Crippen LogP contribution < -0.4 is 5.73 Å². The maximum Gasteiger partial charge on any atom is 0.0589 e. The third-order valence-corrected chi connectivity index (χ3v) is 2.47. The van der Waals surface area contributed by atoms with E-state index in [1.807, 2.05) is 0 Å². The molecule has 1 atom stereocenters. The fourth-order valence-corrected chi connectivity index (χ4v) is 1.24. The van der Waals surface area contributed by atoms with Crippen molar-refractivity contribution in [3.05, 3.63) is 0 Å². The second-order valence-corrected chi connectivity index (χ2v) is 3.00. The Morgan fingerprint density at radius 1 is 1.70 bits per heavy atom. The summed E-state index contributed by atoms with van der Waals surface area (Å²) in [5.41, 5.74) is 5.77. The van der Waals surface area contributed by atoms with Crippen molar-refractivity contribution < 1.29 is 9.84 Å². The first kappa shape index (κ1) is 7.98. The molecule has 0 amide bonds. The van der Waals surface area contributed by atoms with Gasteiger partial charge >= 0.3 is 0 Å². The SMILES string of the molecule is CCC1(C(N)CO)COC1. The average molecular weight is 145 g/mol. The van der Waals surface area contributed by atoms with Crippen LogP contribution in [-0.4, -0.2) is 31.0 Å². The molecule has 60 valence electrons. The average Bonchev–Trinajstić information content (AvgIpc) is 1.86. The molecule has 3 N–H and O–H groups in total. The van der Waals surface area contributed by atoms with Gasteiger partial charge in [0.05, 0.1) is 19.8 Å². The number of hydrogen-bond acceptors (Lipinski definition) is 3. The van der Waals surface area contributed by atoms with Gasteiger partial charge in [0.2, 0.25) is 0 Å². The van der Waals surface area contributed by atoms with Crippen LogP contribution in [0, 0.1) is 5.41 Å². The summed E-state index contributed by atoms with van der Waals surface area (Å²) >= 11 is 0. The molecule has 0 radical (unpaired) electrons. The molecule has 0 spiro atoms. The van der Waals surface area contributed by atoms with Crippen molar-refractivity contribution in [3.63, 3.8) is 0 Å². The molecule has 0 aromatic carbocycles. The first-order valence-electron chi connectivity index (χ1n) is 3.69. The molecular weight excluding hydrogens is 130 g/mol. The zero-order chi connectivity index (χ0) is 7.61. The molecular formula is C7H15NO2. The summed E-state index contributed by atoms with van der Waals surface area (Å²) in [6.07, 6.45) is 0.995. The maximum atomic E-state index is 8.79. The summed E-state index contributed by atoms with van der Waals surface area (Å²) in [6, 6.07) is -0.105. The summed E-state index contributed by atoms with van der Waals surface area (Å²) in [4.78, 5) is 0. The molecule has 1 aliphatic heterocycles. The number of ether oxygens (including phenoxy) is 1. The van der Waals surface area contributed by atoms with Gasteiger partial charge in [0.25, 0.3) is 0 Å². The van der Waals surface area contributed by atoms with Gasteiger partial charge in [-0.1, -0.05) is 6.92 Å². The lowest BCUT2D eigenvalue weighted by atomic mass is 9.77. The van der Waals surface area contributed by atoms with E-state index in [0.717, 1.165) is 6.42 Å². The largest absolute Gasteiger partial charge is 0.395 e. The lowest BCUT2D eigenvalue weighted by Crippen LogP contribution is -2.56. The van der Waals surface area contributed by atoms with Crippen molar-refractivity contribution >= 4 is 0 Å². The minimum Gasteiger partial charge on any atom is -0.395 e. The van der Waals surface area contributed by atoms with E-state index < -0.39 is 0 Å². The standard InChI is InChI=1S/C7H15NO2/c1-2-7(4-10-5-7)6(8)3-9/h6,9H,2-5,8H2,1H3. The molecule has 0 aromatic rings. The van der Waals surface area contributed by atoms with Crippen molar-refractivity contribution in [2.45, 2.75) is 19.4 Å². The van der Waals surface area contributed by atoms with Crippen molar-refractivity contribution in [2.75, 3.05) is 19.8 Å². The Labute approximate surface area is 61.2 Å². The number of nitrogens with two attached hydrogens (primary N) is 1. The summed E-state index contributed by atoms with van der Waals surface area (Å²) in [6.45, 7) is 3.58. The predicted octanol–water partition coefficient (Wildman–Crippen LogP) is -0.267. The molecule has 0 aromatic heterocycles. The highest BCUT2D eigenvalue weighted by Crippen LogP contribution is 2.33. The van der Waals surface area contributed by atoms with Crippen LogP contribution in [0.4, 0.5) is 0 Å². The molecule has 3 heteroatoms. The normalized spacial score (nSPS) is 25.5.